The van der Waals surface area contributed by atoms with Crippen LogP contribution in [-0.4, -0.2) is 59.2 Å². The zero-order valence-corrected chi connectivity index (χ0v) is 18.4. The maximum atomic E-state index is 13.8. The molecule has 1 aromatic heterocycles. The molecule has 2 aliphatic heterocycles. The van der Waals surface area contributed by atoms with Crippen molar-refractivity contribution < 1.29 is 18.6 Å². The lowest BCUT2D eigenvalue weighted by Gasteiger charge is -2.52. The number of nitrogens with zero attached hydrogens (tertiary/aromatic N) is 2. The number of ether oxygens (including phenoxy) is 3. The highest BCUT2D eigenvalue weighted by Gasteiger charge is 2.51. The molecule has 1 unspecified atom stereocenters. The molecule has 9 heteroatoms. The average molecular weight is 455 g/mol. The number of aromatic amines is 2. The Morgan fingerprint density at radius 1 is 1.24 bits per heavy atom. The first-order valence-electron chi connectivity index (χ1n) is 11.1. The van der Waals surface area contributed by atoms with Crippen molar-refractivity contribution in [1.82, 2.24) is 20.1 Å². The Kier molecular flexibility index (Phi) is 6.01. The van der Waals surface area contributed by atoms with Gasteiger partial charge in [-0.1, -0.05) is 30.3 Å². The summed E-state index contributed by atoms with van der Waals surface area (Å²) in [6.45, 7) is 2.54. The highest BCUT2D eigenvalue weighted by Crippen LogP contribution is 2.47. The molecule has 0 amide bonds. The molecule has 2 aromatic carbocycles. The molecule has 3 atom stereocenters. The molecule has 5 rings (SSSR count). The Hall–Kier alpha value is -3.01. The number of hydrogen-bond acceptors (Lipinski definition) is 6. The SMILES string of the molecule is COc1ccccc1[C@H]1COCC2(C1)OCCN(Cc1n[nH]c(=O)[nH]1)[C@H]2c1ccc(F)cc1. The van der Waals surface area contributed by atoms with Crippen LogP contribution in [0, 0.1) is 5.82 Å². The van der Waals surface area contributed by atoms with Gasteiger partial charge in [0.25, 0.3) is 0 Å². The quantitative estimate of drug-likeness (QED) is 0.616. The fraction of sp³-hybridized carbons (Fsp3) is 0.417. The molecule has 2 aliphatic rings. The Morgan fingerprint density at radius 3 is 2.82 bits per heavy atom. The second-order valence-corrected chi connectivity index (χ2v) is 8.62. The van der Waals surface area contributed by atoms with Crippen molar-refractivity contribution in [3.63, 3.8) is 0 Å². The largest absolute Gasteiger partial charge is 0.496 e. The Morgan fingerprint density at radius 2 is 2.06 bits per heavy atom. The van der Waals surface area contributed by atoms with Gasteiger partial charge >= 0.3 is 5.69 Å². The molecule has 174 valence electrons. The second-order valence-electron chi connectivity index (χ2n) is 8.62. The van der Waals surface area contributed by atoms with Crippen LogP contribution < -0.4 is 10.4 Å². The lowest BCUT2D eigenvalue weighted by Crippen LogP contribution is -2.58. The number of para-hydroxylation sites is 1. The number of benzene rings is 2. The summed E-state index contributed by atoms with van der Waals surface area (Å²) in [5.41, 5.74) is 1.01. The van der Waals surface area contributed by atoms with Gasteiger partial charge in [0.05, 0.1) is 39.5 Å². The standard InChI is InChI=1S/C24H27FN4O4/c1-31-20-5-3-2-4-19(20)17-12-24(15-32-14-17)22(16-6-8-18(25)9-7-16)29(10-11-33-24)13-21-26-23(30)28-27-21/h2-9,17,22H,10-15H2,1H3,(H2,26,27,28,30)/t17-,22+,24?/m1/s1. The van der Waals surface area contributed by atoms with Gasteiger partial charge in [0.2, 0.25) is 0 Å². The number of rotatable bonds is 5. The molecule has 0 saturated carbocycles. The second kappa shape index (κ2) is 9.09. The van der Waals surface area contributed by atoms with Crippen molar-refractivity contribution in [3.05, 3.63) is 81.8 Å². The van der Waals surface area contributed by atoms with Crippen LogP contribution in [0.5, 0.6) is 5.75 Å². The normalized spacial score (nSPS) is 25.9. The number of halogens is 1. The van der Waals surface area contributed by atoms with E-state index in [-0.39, 0.29) is 23.5 Å². The number of morpholine rings is 1. The predicted octanol–water partition coefficient (Wildman–Crippen LogP) is 2.76. The zero-order chi connectivity index (χ0) is 22.8. The fourth-order valence-corrected chi connectivity index (χ4v) is 5.21. The molecule has 3 heterocycles. The summed E-state index contributed by atoms with van der Waals surface area (Å²) >= 11 is 0. The molecule has 0 bridgehead atoms. The summed E-state index contributed by atoms with van der Waals surface area (Å²) < 4.78 is 32.0. The molecular formula is C24H27FN4O4. The molecule has 33 heavy (non-hydrogen) atoms. The highest BCUT2D eigenvalue weighted by molar-refractivity contribution is 5.37. The van der Waals surface area contributed by atoms with E-state index in [1.54, 1.807) is 19.2 Å². The third kappa shape index (κ3) is 4.31. The molecule has 2 saturated heterocycles. The van der Waals surface area contributed by atoms with Crippen LogP contribution in [0.4, 0.5) is 4.39 Å². The predicted molar refractivity (Wildman–Crippen MR) is 119 cm³/mol. The minimum absolute atomic E-state index is 0.0722. The van der Waals surface area contributed by atoms with Crippen LogP contribution in [0.3, 0.4) is 0 Å². The number of hydrogen-bond donors (Lipinski definition) is 2. The number of H-pyrrole nitrogens is 2. The van der Waals surface area contributed by atoms with E-state index >= 15 is 0 Å². The first-order chi connectivity index (χ1) is 16.1. The minimum Gasteiger partial charge on any atom is -0.496 e. The number of aromatic nitrogens is 3. The van der Waals surface area contributed by atoms with E-state index in [2.05, 4.69) is 26.1 Å². The summed E-state index contributed by atoms with van der Waals surface area (Å²) in [5, 5.41) is 6.51. The van der Waals surface area contributed by atoms with E-state index in [0.717, 1.165) is 16.9 Å². The maximum absolute atomic E-state index is 13.8. The lowest BCUT2D eigenvalue weighted by molar-refractivity contribution is -0.207. The topological polar surface area (TPSA) is 92.5 Å². The van der Waals surface area contributed by atoms with E-state index < -0.39 is 5.60 Å². The van der Waals surface area contributed by atoms with Crippen molar-refractivity contribution in [2.75, 3.05) is 33.5 Å². The Balaban J connectivity index is 1.52. The fourth-order valence-electron chi connectivity index (χ4n) is 5.21. The van der Waals surface area contributed by atoms with Crippen LogP contribution in [0.25, 0.3) is 0 Å². The third-order valence-electron chi connectivity index (χ3n) is 6.56. The van der Waals surface area contributed by atoms with Crippen molar-refractivity contribution in [1.29, 1.82) is 0 Å². The van der Waals surface area contributed by atoms with Crippen molar-refractivity contribution in [3.8, 4) is 5.75 Å². The molecule has 1 spiro atoms. The summed E-state index contributed by atoms with van der Waals surface area (Å²) in [4.78, 5) is 16.5. The highest BCUT2D eigenvalue weighted by atomic mass is 19.1. The van der Waals surface area contributed by atoms with Gasteiger partial charge in [-0.15, -0.1) is 0 Å². The van der Waals surface area contributed by atoms with E-state index in [4.69, 9.17) is 14.2 Å². The molecule has 2 N–H and O–H groups in total. The molecule has 0 radical (unpaired) electrons. The molecule has 0 aliphatic carbocycles. The molecular weight excluding hydrogens is 427 g/mol. The van der Waals surface area contributed by atoms with Crippen molar-refractivity contribution in [2.24, 2.45) is 0 Å². The summed E-state index contributed by atoms with van der Waals surface area (Å²) in [6.07, 6.45) is 0.711. The Bertz CT molecular complexity index is 1140. The van der Waals surface area contributed by atoms with Crippen molar-refractivity contribution >= 4 is 0 Å². The van der Waals surface area contributed by atoms with E-state index in [1.807, 2.05) is 18.2 Å². The van der Waals surface area contributed by atoms with Crippen LogP contribution in [-0.2, 0) is 16.0 Å². The monoisotopic (exact) mass is 454 g/mol. The van der Waals surface area contributed by atoms with Gasteiger partial charge in [-0.2, -0.15) is 5.10 Å². The lowest BCUT2D eigenvalue weighted by atomic mass is 9.76. The van der Waals surface area contributed by atoms with Gasteiger partial charge in [-0.05, 0) is 35.7 Å². The molecule has 8 nitrogen and oxygen atoms in total. The van der Waals surface area contributed by atoms with Gasteiger partial charge < -0.3 is 14.2 Å². The van der Waals surface area contributed by atoms with Crippen LogP contribution >= 0.6 is 0 Å². The molecule has 3 aromatic rings. The van der Waals surface area contributed by atoms with Crippen LogP contribution in [0.1, 0.15) is 35.3 Å². The number of methoxy groups -OCH3 is 1. The van der Waals surface area contributed by atoms with E-state index in [1.165, 1.54) is 12.1 Å². The Labute approximate surface area is 190 Å². The van der Waals surface area contributed by atoms with E-state index in [0.29, 0.717) is 45.2 Å². The van der Waals surface area contributed by atoms with Crippen LogP contribution in [0.15, 0.2) is 53.3 Å². The summed E-state index contributed by atoms with van der Waals surface area (Å²) in [7, 11) is 1.67. The average Bonchev–Trinajstić information content (AvgIpc) is 3.24. The van der Waals surface area contributed by atoms with Crippen LogP contribution in [0.2, 0.25) is 0 Å². The summed E-state index contributed by atoms with van der Waals surface area (Å²) in [6, 6.07) is 14.3. The molecule has 2 fully saturated rings. The number of nitrogens with one attached hydrogen (secondary N) is 2. The van der Waals surface area contributed by atoms with Gasteiger partial charge in [-0.3, -0.25) is 9.88 Å². The van der Waals surface area contributed by atoms with Gasteiger partial charge in [0.1, 0.15) is 23.0 Å². The first kappa shape index (κ1) is 21.8. The summed E-state index contributed by atoms with van der Waals surface area (Å²) in [5.74, 6) is 1.15. The van der Waals surface area contributed by atoms with Gasteiger partial charge in [0, 0.05) is 12.5 Å². The van der Waals surface area contributed by atoms with E-state index in [9.17, 15) is 9.18 Å². The van der Waals surface area contributed by atoms with Crippen molar-refractivity contribution in [2.45, 2.75) is 30.5 Å². The zero-order valence-electron chi connectivity index (χ0n) is 18.4. The smallest absolute Gasteiger partial charge is 0.340 e. The minimum atomic E-state index is -0.656. The van der Waals surface area contributed by atoms with Gasteiger partial charge in [0.15, 0.2) is 0 Å². The van der Waals surface area contributed by atoms with Gasteiger partial charge in [-0.25, -0.2) is 14.3 Å². The third-order valence-corrected chi connectivity index (χ3v) is 6.56. The maximum Gasteiger partial charge on any atom is 0.340 e. The first-order valence-corrected chi connectivity index (χ1v) is 11.1.